The van der Waals surface area contributed by atoms with Crippen molar-refractivity contribution in [1.82, 2.24) is 0 Å². The van der Waals surface area contributed by atoms with Crippen LogP contribution in [0.2, 0.25) is 0 Å². The molecule has 0 bridgehead atoms. The van der Waals surface area contributed by atoms with E-state index >= 15 is 0 Å². The fourth-order valence-corrected chi connectivity index (χ4v) is 1.29. The second-order valence-electron chi connectivity index (χ2n) is 3.28. The van der Waals surface area contributed by atoms with Gasteiger partial charge in [-0.1, -0.05) is 30.3 Å². The van der Waals surface area contributed by atoms with Crippen LogP contribution in [0.15, 0.2) is 30.3 Å². The third-order valence-corrected chi connectivity index (χ3v) is 2.13. The molecule has 0 heterocycles. The highest BCUT2D eigenvalue weighted by Gasteiger charge is 2.39. The largest absolute Gasteiger partial charge is 0.467 e. The molecule has 0 aliphatic rings. The van der Waals surface area contributed by atoms with Gasteiger partial charge in [0.1, 0.15) is 0 Å². The number of methoxy groups -OCH3 is 1. The number of carbonyl (C=O) groups is 1. The van der Waals surface area contributed by atoms with Crippen LogP contribution in [0.5, 0.6) is 0 Å². The highest BCUT2D eigenvalue weighted by molar-refractivity contribution is 5.79. The average Bonchev–Trinajstić information content (AvgIpc) is 2.29. The van der Waals surface area contributed by atoms with Crippen molar-refractivity contribution >= 4 is 5.97 Å². The lowest BCUT2D eigenvalue weighted by Gasteiger charge is -2.19. The van der Waals surface area contributed by atoms with Crippen molar-refractivity contribution in [2.45, 2.75) is 12.1 Å². The van der Waals surface area contributed by atoms with Crippen LogP contribution in [-0.2, 0) is 16.0 Å². The Morgan fingerprint density at radius 2 is 2.07 bits per heavy atom. The second-order valence-corrected chi connectivity index (χ2v) is 3.28. The highest BCUT2D eigenvalue weighted by atomic mass is 19.1. The van der Waals surface area contributed by atoms with Gasteiger partial charge in [-0.3, -0.25) is 0 Å². The van der Waals surface area contributed by atoms with Crippen LogP contribution in [0.4, 0.5) is 4.39 Å². The number of halogens is 1. The summed E-state index contributed by atoms with van der Waals surface area (Å²) in [6, 6.07) is 8.65. The van der Waals surface area contributed by atoms with Gasteiger partial charge >= 0.3 is 5.97 Å². The predicted molar refractivity (Wildman–Crippen MR) is 53.1 cm³/mol. The lowest BCUT2D eigenvalue weighted by Crippen LogP contribution is -2.41. The van der Waals surface area contributed by atoms with Gasteiger partial charge in [0.15, 0.2) is 0 Å². The number of benzene rings is 1. The molecule has 1 rings (SSSR count). The van der Waals surface area contributed by atoms with Crippen molar-refractivity contribution in [3.05, 3.63) is 35.9 Å². The molecular weight excluding hydrogens is 199 g/mol. The Kier molecular flexibility index (Phi) is 3.80. The number of alkyl halides is 1. The van der Waals surface area contributed by atoms with Gasteiger partial charge in [0.05, 0.1) is 13.7 Å². The fourth-order valence-electron chi connectivity index (χ4n) is 1.29. The van der Waals surface area contributed by atoms with Crippen molar-refractivity contribution in [1.29, 1.82) is 0 Å². The van der Waals surface area contributed by atoms with Crippen molar-refractivity contribution in [3.8, 4) is 0 Å². The van der Waals surface area contributed by atoms with Crippen molar-refractivity contribution in [2.75, 3.05) is 13.7 Å². The smallest absolute Gasteiger partial charge is 0.346 e. The molecule has 0 radical (unpaired) electrons. The van der Waals surface area contributed by atoms with Gasteiger partial charge in [-0.05, 0) is 5.56 Å². The summed E-state index contributed by atoms with van der Waals surface area (Å²) < 4.78 is 18.2. The Bertz CT molecular complexity index is 326. The summed E-state index contributed by atoms with van der Waals surface area (Å²) in [7, 11) is 1.09. The number of aliphatic hydroxyl groups excluding tert-OH is 1. The zero-order valence-corrected chi connectivity index (χ0v) is 8.44. The van der Waals surface area contributed by atoms with Gasteiger partial charge in [0.25, 0.3) is 0 Å². The number of hydrogen-bond donors (Lipinski definition) is 1. The van der Waals surface area contributed by atoms with E-state index in [0.29, 0.717) is 5.56 Å². The Labute approximate surface area is 87.5 Å². The number of hydrogen-bond acceptors (Lipinski definition) is 3. The highest BCUT2D eigenvalue weighted by Crippen LogP contribution is 2.19. The van der Waals surface area contributed by atoms with Gasteiger partial charge in [-0.15, -0.1) is 0 Å². The van der Waals surface area contributed by atoms with Crippen LogP contribution < -0.4 is 0 Å². The van der Waals surface area contributed by atoms with Gasteiger partial charge in [-0.25, -0.2) is 9.18 Å². The maximum atomic E-state index is 13.9. The molecule has 0 saturated heterocycles. The Morgan fingerprint density at radius 1 is 1.47 bits per heavy atom. The summed E-state index contributed by atoms with van der Waals surface area (Å²) >= 11 is 0. The van der Waals surface area contributed by atoms with Crippen LogP contribution in [0, 0.1) is 0 Å². The van der Waals surface area contributed by atoms with E-state index in [4.69, 9.17) is 5.11 Å². The SMILES string of the molecule is COC(=O)[C@@](F)(CO)Cc1ccccc1. The van der Waals surface area contributed by atoms with E-state index in [-0.39, 0.29) is 6.42 Å². The number of rotatable bonds is 4. The Morgan fingerprint density at radius 3 is 2.53 bits per heavy atom. The minimum atomic E-state index is -2.35. The number of ether oxygens (including phenoxy) is 1. The van der Waals surface area contributed by atoms with E-state index in [1.807, 2.05) is 0 Å². The van der Waals surface area contributed by atoms with E-state index in [0.717, 1.165) is 7.11 Å². The molecule has 1 aromatic rings. The maximum absolute atomic E-state index is 13.9. The van der Waals surface area contributed by atoms with Crippen LogP contribution in [0.25, 0.3) is 0 Å². The van der Waals surface area contributed by atoms with Crippen molar-refractivity contribution in [3.63, 3.8) is 0 Å². The third-order valence-electron chi connectivity index (χ3n) is 2.13. The molecule has 0 unspecified atom stereocenters. The summed E-state index contributed by atoms with van der Waals surface area (Å²) in [6.45, 7) is -0.880. The summed E-state index contributed by atoms with van der Waals surface area (Å²) in [4.78, 5) is 11.1. The standard InChI is InChI=1S/C11H13FO3/c1-15-10(14)11(12,8-13)7-9-5-3-2-4-6-9/h2-6,13H,7-8H2,1H3/t11-/m0/s1. The minimum Gasteiger partial charge on any atom is -0.467 e. The van der Waals surface area contributed by atoms with Crippen LogP contribution in [-0.4, -0.2) is 30.5 Å². The monoisotopic (exact) mass is 212 g/mol. The normalized spacial score (nSPS) is 14.3. The van der Waals surface area contributed by atoms with Crippen LogP contribution >= 0.6 is 0 Å². The number of carbonyl (C=O) groups excluding carboxylic acids is 1. The van der Waals surface area contributed by atoms with Crippen molar-refractivity contribution < 1.29 is 19.0 Å². The molecule has 1 aromatic carbocycles. The van der Waals surface area contributed by atoms with Crippen LogP contribution in [0.1, 0.15) is 5.56 Å². The minimum absolute atomic E-state index is 0.184. The van der Waals surface area contributed by atoms with Crippen molar-refractivity contribution in [2.24, 2.45) is 0 Å². The molecule has 0 spiro atoms. The molecule has 3 nitrogen and oxygen atoms in total. The van der Waals surface area contributed by atoms with E-state index in [2.05, 4.69) is 4.74 Å². The molecule has 0 fully saturated rings. The Balaban J connectivity index is 2.81. The Hall–Kier alpha value is -1.42. The summed E-state index contributed by atoms with van der Waals surface area (Å²) in [5.74, 6) is -1.05. The number of esters is 1. The summed E-state index contributed by atoms with van der Waals surface area (Å²) in [5, 5.41) is 8.87. The first-order chi connectivity index (χ1) is 7.12. The quantitative estimate of drug-likeness (QED) is 0.760. The number of aliphatic hydroxyl groups is 1. The maximum Gasteiger partial charge on any atom is 0.346 e. The third kappa shape index (κ3) is 2.76. The van der Waals surface area contributed by atoms with Gasteiger partial charge in [0, 0.05) is 6.42 Å². The zero-order chi connectivity index (χ0) is 11.3. The molecule has 0 aliphatic heterocycles. The molecule has 4 heteroatoms. The first kappa shape index (κ1) is 11.7. The molecular formula is C11H13FO3. The molecule has 0 aliphatic carbocycles. The summed E-state index contributed by atoms with van der Waals surface area (Å²) in [5.41, 5.74) is -1.71. The van der Waals surface area contributed by atoms with Gasteiger partial charge in [0.2, 0.25) is 5.67 Å². The van der Waals surface area contributed by atoms with E-state index in [9.17, 15) is 9.18 Å². The lowest BCUT2D eigenvalue weighted by atomic mass is 9.97. The summed E-state index contributed by atoms with van der Waals surface area (Å²) in [6.07, 6.45) is -0.184. The molecule has 0 aromatic heterocycles. The van der Waals surface area contributed by atoms with Gasteiger partial charge in [-0.2, -0.15) is 0 Å². The van der Waals surface area contributed by atoms with E-state index in [1.54, 1.807) is 30.3 Å². The van der Waals surface area contributed by atoms with E-state index < -0.39 is 18.2 Å². The van der Waals surface area contributed by atoms with E-state index in [1.165, 1.54) is 0 Å². The molecule has 0 amide bonds. The predicted octanol–water partition coefficient (Wildman–Crippen LogP) is 1.10. The fraction of sp³-hybridized carbons (Fsp3) is 0.364. The molecule has 1 N–H and O–H groups in total. The molecule has 0 saturated carbocycles. The topological polar surface area (TPSA) is 46.5 Å². The zero-order valence-electron chi connectivity index (χ0n) is 8.44. The lowest BCUT2D eigenvalue weighted by molar-refractivity contribution is -0.157. The molecule has 1 atom stereocenters. The second kappa shape index (κ2) is 4.89. The first-order valence-electron chi connectivity index (χ1n) is 4.54. The van der Waals surface area contributed by atoms with Crippen LogP contribution in [0.3, 0.4) is 0 Å². The first-order valence-corrected chi connectivity index (χ1v) is 4.54. The van der Waals surface area contributed by atoms with Gasteiger partial charge < -0.3 is 9.84 Å². The average molecular weight is 212 g/mol. The molecule has 15 heavy (non-hydrogen) atoms. The molecule has 82 valence electrons.